The lowest BCUT2D eigenvalue weighted by Gasteiger charge is -2.36. The van der Waals surface area contributed by atoms with Gasteiger partial charge in [-0.15, -0.1) is 0 Å². The predicted octanol–water partition coefficient (Wildman–Crippen LogP) is 1.89. The van der Waals surface area contributed by atoms with Crippen molar-refractivity contribution in [1.82, 2.24) is 14.9 Å². The number of halogens is 1. The van der Waals surface area contributed by atoms with Crippen LogP contribution in [0.4, 0.5) is 11.5 Å². The minimum absolute atomic E-state index is 0.0485. The summed E-state index contributed by atoms with van der Waals surface area (Å²) in [7, 11) is 0. The van der Waals surface area contributed by atoms with Crippen LogP contribution in [0.2, 0.25) is 5.02 Å². The number of carbonyl (C=O) groups is 1. The summed E-state index contributed by atoms with van der Waals surface area (Å²) in [5.41, 5.74) is 1.20. The van der Waals surface area contributed by atoms with E-state index in [2.05, 4.69) is 32.3 Å². The average molecular weight is 332 g/mol. The Morgan fingerprint density at radius 2 is 1.91 bits per heavy atom. The Balaban J connectivity index is 1.50. The van der Waals surface area contributed by atoms with Crippen LogP contribution in [0.5, 0.6) is 0 Å². The molecule has 23 heavy (non-hydrogen) atoms. The Bertz CT molecular complexity index is 659. The van der Waals surface area contributed by atoms with Gasteiger partial charge in [-0.05, 0) is 12.1 Å². The van der Waals surface area contributed by atoms with Gasteiger partial charge < -0.3 is 15.1 Å². The van der Waals surface area contributed by atoms with Gasteiger partial charge in [0, 0.05) is 31.9 Å². The molecule has 3 rings (SSSR count). The maximum atomic E-state index is 12.3. The molecular formula is C16H18ClN5O. The molecule has 2 aromatic rings. The number of nitrogens with one attached hydrogen (secondary N) is 1. The fourth-order valence-electron chi connectivity index (χ4n) is 2.57. The first-order valence-corrected chi connectivity index (χ1v) is 7.89. The molecule has 0 unspecified atom stereocenters. The molecule has 0 atom stereocenters. The van der Waals surface area contributed by atoms with Crippen molar-refractivity contribution in [1.29, 1.82) is 0 Å². The van der Waals surface area contributed by atoms with Crippen molar-refractivity contribution in [2.75, 3.05) is 42.9 Å². The summed E-state index contributed by atoms with van der Waals surface area (Å²) >= 11 is 5.96. The third-order valence-electron chi connectivity index (χ3n) is 3.83. The lowest BCUT2D eigenvalue weighted by atomic mass is 10.2. The maximum Gasteiger partial charge on any atom is 0.242 e. The summed E-state index contributed by atoms with van der Waals surface area (Å²) in [4.78, 5) is 24.3. The fraction of sp³-hybridized carbons (Fsp3) is 0.312. The average Bonchev–Trinajstić information content (AvgIpc) is 2.62. The first-order chi connectivity index (χ1) is 11.2. The van der Waals surface area contributed by atoms with E-state index in [1.165, 1.54) is 18.2 Å². The first-order valence-electron chi connectivity index (χ1n) is 7.51. The van der Waals surface area contributed by atoms with Gasteiger partial charge in [0.1, 0.15) is 17.2 Å². The molecule has 2 heterocycles. The number of piperazine rings is 1. The second-order valence-electron chi connectivity index (χ2n) is 5.28. The van der Waals surface area contributed by atoms with Gasteiger partial charge >= 0.3 is 0 Å². The lowest BCUT2D eigenvalue weighted by molar-refractivity contribution is -0.129. The number of anilines is 2. The lowest BCUT2D eigenvalue weighted by Crippen LogP contribution is -2.50. The normalized spacial score (nSPS) is 14.7. The van der Waals surface area contributed by atoms with Crippen LogP contribution in [0, 0.1) is 0 Å². The number of amides is 1. The van der Waals surface area contributed by atoms with E-state index in [1.54, 1.807) is 0 Å². The third-order valence-corrected chi connectivity index (χ3v) is 4.10. The minimum atomic E-state index is 0.0485. The molecule has 0 aliphatic carbocycles. The number of nitrogens with zero attached hydrogens (tertiary/aromatic N) is 4. The molecule has 120 valence electrons. The molecule has 7 heteroatoms. The molecule has 1 aromatic carbocycles. The van der Waals surface area contributed by atoms with E-state index in [9.17, 15) is 4.79 Å². The standard InChI is InChI=1S/C16H18ClN5O/c17-14-10-18-12-20-16(14)19-11-15(23)22-8-6-21(7-9-22)13-4-2-1-3-5-13/h1-5,10,12H,6-9,11H2,(H,18,19,20). The van der Waals surface area contributed by atoms with Gasteiger partial charge in [0.25, 0.3) is 0 Å². The van der Waals surface area contributed by atoms with E-state index in [4.69, 9.17) is 11.6 Å². The highest BCUT2D eigenvalue weighted by atomic mass is 35.5. The molecule has 1 amide bonds. The zero-order valence-corrected chi connectivity index (χ0v) is 13.4. The van der Waals surface area contributed by atoms with E-state index in [-0.39, 0.29) is 12.5 Å². The predicted molar refractivity (Wildman–Crippen MR) is 90.8 cm³/mol. The number of para-hydroxylation sites is 1. The van der Waals surface area contributed by atoms with Gasteiger partial charge in [0.05, 0.1) is 12.7 Å². The zero-order valence-electron chi connectivity index (χ0n) is 12.7. The highest BCUT2D eigenvalue weighted by Gasteiger charge is 2.21. The quantitative estimate of drug-likeness (QED) is 0.927. The Kier molecular flexibility index (Phi) is 4.92. The number of carbonyl (C=O) groups excluding carboxylic acids is 1. The van der Waals surface area contributed by atoms with Crippen LogP contribution in [-0.4, -0.2) is 53.5 Å². The number of hydrogen-bond donors (Lipinski definition) is 1. The summed E-state index contributed by atoms with van der Waals surface area (Å²) in [6, 6.07) is 10.3. The van der Waals surface area contributed by atoms with Gasteiger partial charge in [-0.2, -0.15) is 0 Å². The summed E-state index contributed by atoms with van der Waals surface area (Å²) in [5.74, 6) is 0.533. The Hall–Kier alpha value is -2.34. The van der Waals surface area contributed by atoms with Gasteiger partial charge in [-0.3, -0.25) is 4.79 Å². The van der Waals surface area contributed by atoms with Crippen molar-refractivity contribution in [2.45, 2.75) is 0 Å². The van der Waals surface area contributed by atoms with E-state index >= 15 is 0 Å². The summed E-state index contributed by atoms with van der Waals surface area (Å²) in [6.45, 7) is 3.29. The monoisotopic (exact) mass is 331 g/mol. The molecule has 0 bridgehead atoms. The zero-order chi connectivity index (χ0) is 16.1. The minimum Gasteiger partial charge on any atom is -0.368 e. The number of aromatic nitrogens is 2. The van der Waals surface area contributed by atoms with Gasteiger partial charge in [0.2, 0.25) is 5.91 Å². The first kappa shape index (κ1) is 15.6. The van der Waals surface area contributed by atoms with Crippen molar-refractivity contribution in [3.05, 3.63) is 47.9 Å². The van der Waals surface area contributed by atoms with Crippen molar-refractivity contribution in [3.63, 3.8) is 0 Å². The summed E-state index contributed by atoms with van der Waals surface area (Å²) < 4.78 is 0. The molecule has 0 saturated carbocycles. The van der Waals surface area contributed by atoms with Crippen LogP contribution < -0.4 is 10.2 Å². The number of hydrogen-bond acceptors (Lipinski definition) is 5. The van der Waals surface area contributed by atoms with Crippen LogP contribution in [-0.2, 0) is 4.79 Å². The fourth-order valence-corrected chi connectivity index (χ4v) is 2.74. The third kappa shape index (κ3) is 3.90. The Morgan fingerprint density at radius 1 is 1.17 bits per heavy atom. The molecule has 1 saturated heterocycles. The number of benzene rings is 1. The van der Waals surface area contributed by atoms with E-state index in [0.717, 1.165) is 13.1 Å². The molecule has 0 spiro atoms. The second-order valence-corrected chi connectivity index (χ2v) is 5.68. The topological polar surface area (TPSA) is 61.4 Å². The molecule has 0 radical (unpaired) electrons. The highest BCUT2D eigenvalue weighted by Crippen LogP contribution is 2.17. The highest BCUT2D eigenvalue weighted by molar-refractivity contribution is 6.32. The smallest absolute Gasteiger partial charge is 0.242 e. The van der Waals surface area contributed by atoms with Crippen molar-refractivity contribution < 1.29 is 4.79 Å². The van der Waals surface area contributed by atoms with Gasteiger partial charge in [-0.1, -0.05) is 29.8 Å². The molecular weight excluding hydrogens is 314 g/mol. The van der Waals surface area contributed by atoms with Crippen LogP contribution in [0.1, 0.15) is 0 Å². The molecule has 1 fully saturated rings. The van der Waals surface area contributed by atoms with Crippen molar-refractivity contribution >= 4 is 29.0 Å². The van der Waals surface area contributed by atoms with Crippen molar-refractivity contribution in [3.8, 4) is 0 Å². The van der Waals surface area contributed by atoms with Crippen LogP contribution in [0.25, 0.3) is 0 Å². The van der Waals surface area contributed by atoms with Gasteiger partial charge in [0.15, 0.2) is 0 Å². The Labute approximate surface area is 140 Å². The van der Waals surface area contributed by atoms with Crippen LogP contribution in [0.15, 0.2) is 42.9 Å². The SMILES string of the molecule is O=C(CNc1ncncc1Cl)N1CCN(c2ccccc2)CC1. The molecule has 1 N–H and O–H groups in total. The number of rotatable bonds is 4. The van der Waals surface area contributed by atoms with E-state index in [0.29, 0.717) is 23.9 Å². The molecule has 1 aliphatic rings. The maximum absolute atomic E-state index is 12.3. The van der Waals surface area contributed by atoms with Crippen LogP contribution in [0.3, 0.4) is 0 Å². The molecule has 6 nitrogen and oxygen atoms in total. The second kappa shape index (κ2) is 7.28. The van der Waals surface area contributed by atoms with Gasteiger partial charge in [-0.25, -0.2) is 9.97 Å². The van der Waals surface area contributed by atoms with Crippen molar-refractivity contribution in [2.24, 2.45) is 0 Å². The Morgan fingerprint density at radius 3 is 2.61 bits per heavy atom. The summed E-state index contributed by atoms with van der Waals surface area (Å²) in [6.07, 6.45) is 2.90. The van der Waals surface area contributed by atoms with Crippen LogP contribution >= 0.6 is 11.6 Å². The molecule has 1 aliphatic heterocycles. The largest absolute Gasteiger partial charge is 0.368 e. The van der Waals surface area contributed by atoms with E-state index in [1.807, 2.05) is 23.1 Å². The van der Waals surface area contributed by atoms with E-state index < -0.39 is 0 Å². The molecule has 1 aromatic heterocycles. The summed E-state index contributed by atoms with van der Waals surface area (Å²) in [5, 5.41) is 3.38.